The molecule has 134 valence electrons. The zero-order valence-electron chi connectivity index (χ0n) is 15.4. The van der Waals surface area contributed by atoms with Crippen LogP contribution in [0.2, 0.25) is 0 Å². The van der Waals surface area contributed by atoms with E-state index in [-0.39, 0.29) is 11.4 Å². The van der Waals surface area contributed by atoms with Crippen LogP contribution in [0.5, 0.6) is 11.5 Å². The van der Waals surface area contributed by atoms with Crippen molar-refractivity contribution in [1.29, 1.82) is 5.26 Å². The Hall–Kier alpha value is -3.06. The molecule has 0 bridgehead atoms. The van der Waals surface area contributed by atoms with E-state index in [9.17, 15) is 10.1 Å². The molecule has 0 aliphatic carbocycles. The summed E-state index contributed by atoms with van der Waals surface area (Å²) in [6, 6.07) is 14.7. The summed E-state index contributed by atoms with van der Waals surface area (Å²) in [6.07, 6.45) is 3.60. The number of hydrogen-bond acceptors (Lipinski definition) is 4. The number of aryl methyl sites for hydroxylation is 1. The number of Topliss-reactive ketones (excluding diaryl/α,β-unsaturated/α-hetero) is 1. The van der Waals surface area contributed by atoms with E-state index in [4.69, 9.17) is 9.47 Å². The van der Waals surface area contributed by atoms with Crippen molar-refractivity contribution in [2.24, 2.45) is 0 Å². The number of nitrogens with zero attached hydrogens (tertiary/aromatic N) is 1. The normalized spacial score (nSPS) is 10.9. The van der Waals surface area contributed by atoms with Gasteiger partial charge in [-0.15, -0.1) is 0 Å². The molecule has 2 aromatic rings. The first kappa shape index (κ1) is 19.3. The molecule has 0 aromatic heterocycles. The second-order valence-corrected chi connectivity index (χ2v) is 5.79. The van der Waals surface area contributed by atoms with Crippen LogP contribution in [0.4, 0.5) is 0 Å². The van der Waals surface area contributed by atoms with Gasteiger partial charge in [0.15, 0.2) is 11.5 Å². The molecular weight excluding hydrogens is 326 g/mol. The third-order valence-electron chi connectivity index (χ3n) is 3.92. The quantitative estimate of drug-likeness (QED) is 0.389. The molecule has 4 heteroatoms. The van der Waals surface area contributed by atoms with Gasteiger partial charge in [0.1, 0.15) is 11.6 Å². The molecule has 2 aromatic carbocycles. The van der Waals surface area contributed by atoms with Crippen molar-refractivity contribution in [3.8, 4) is 17.6 Å². The summed E-state index contributed by atoms with van der Waals surface area (Å²) in [7, 11) is 1.57. The number of rotatable bonds is 8. The van der Waals surface area contributed by atoms with Crippen molar-refractivity contribution < 1.29 is 14.3 Å². The lowest BCUT2D eigenvalue weighted by Crippen LogP contribution is -2.02. The van der Waals surface area contributed by atoms with Crippen molar-refractivity contribution in [1.82, 2.24) is 0 Å². The summed E-state index contributed by atoms with van der Waals surface area (Å²) >= 11 is 0. The van der Waals surface area contributed by atoms with Crippen LogP contribution in [0.3, 0.4) is 0 Å². The zero-order valence-corrected chi connectivity index (χ0v) is 15.4. The summed E-state index contributed by atoms with van der Waals surface area (Å²) < 4.78 is 10.8. The van der Waals surface area contributed by atoms with Crippen LogP contribution in [-0.4, -0.2) is 19.5 Å². The summed E-state index contributed by atoms with van der Waals surface area (Å²) in [4.78, 5) is 12.6. The molecule has 2 rings (SSSR count). The van der Waals surface area contributed by atoms with Crippen molar-refractivity contribution in [2.75, 3.05) is 13.7 Å². The van der Waals surface area contributed by atoms with Gasteiger partial charge >= 0.3 is 0 Å². The van der Waals surface area contributed by atoms with Gasteiger partial charge in [0, 0.05) is 5.56 Å². The highest BCUT2D eigenvalue weighted by atomic mass is 16.5. The maximum atomic E-state index is 12.6. The summed E-state index contributed by atoms with van der Waals surface area (Å²) in [5, 5.41) is 9.44. The first-order chi connectivity index (χ1) is 12.6. The Balaban J connectivity index is 2.30. The Labute approximate surface area is 154 Å². The van der Waals surface area contributed by atoms with Gasteiger partial charge in [-0.1, -0.05) is 43.7 Å². The van der Waals surface area contributed by atoms with Crippen molar-refractivity contribution in [2.45, 2.75) is 26.7 Å². The second kappa shape index (κ2) is 9.43. The van der Waals surface area contributed by atoms with Crippen LogP contribution >= 0.6 is 0 Å². The average Bonchev–Trinajstić information content (AvgIpc) is 2.67. The van der Waals surface area contributed by atoms with E-state index in [0.29, 0.717) is 29.2 Å². The first-order valence-corrected chi connectivity index (χ1v) is 8.69. The van der Waals surface area contributed by atoms with Crippen molar-refractivity contribution in [3.05, 3.63) is 64.7 Å². The number of benzene rings is 2. The van der Waals surface area contributed by atoms with E-state index in [0.717, 1.165) is 12.8 Å². The largest absolute Gasteiger partial charge is 0.493 e. The fourth-order valence-corrected chi connectivity index (χ4v) is 2.63. The fraction of sp³-hybridized carbons (Fsp3) is 0.273. The highest BCUT2D eigenvalue weighted by Gasteiger charge is 2.13. The zero-order chi connectivity index (χ0) is 18.9. The van der Waals surface area contributed by atoms with Crippen molar-refractivity contribution >= 4 is 11.9 Å². The second-order valence-electron chi connectivity index (χ2n) is 5.79. The molecule has 0 saturated heterocycles. The SMILES string of the molecule is CCCc1ccc(C(=O)/C(C#N)=C/c2ccc(OC)c(OCC)c2)cc1. The lowest BCUT2D eigenvalue weighted by Gasteiger charge is -2.10. The van der Waals surface area contributed by atoms with Gasteiger partial charge < -0.3 is 9.47 Å². The van der Waals surface area contributed by atoms with Gasteiger partial charge in [0.25, 0.3) is 0 Å². The molecule has 0 amide bonds. The molecule has 0 radical (unpaired) electrons. The van der Waals surface area contributed by atoms with Crippen LogP contribution in [0.25, 0.3) is 6.08 Å². The smallest absolute Gasteiger partial charge is 0.203 e. The number of ketones is 1. The molecule has 0 N–H and O–H groups in total. The predicted octanol–water partition coefficient (Wildman–Crippen LogP) is 4.84. The number of methoxy groups -OCH3 is 1. The van der Waals surface area contributed by atoms with Crippen LogP contribution < -0.4 is 9.47 Å². The number of ether oxygens (including phenoxy) is 2. The van der Waals surface area contributed by atoms with E-state index in [1.807, 2.05) is 25.1 Å². The van der Waals surface area contributed by atoms with Crippen LogP contribution in [0, 0.1) is 11.3 Å². The Morgan fingerprint density at radius 2 is 1.85 bits per heavy atom. The Morgan fingerprint density at radius 3 is 2.42 bits per heavy atom. The maximum Gasteiger partial charge on any atom is 0.203 e. The Morgan fingerprint density at radius 1 is 1.12 bits per heavy atom. The fourth-order valence-electron chi connectivity index (χ4n) is 2.63. The minimum atomic E-state index is -0.288. The average molecular weight is 349 g/mol. The predicted molar refractivity (Wildman–Crippen MR) is 103 cm³/mol. The highest BCUT2D eigenvalue weighted by Crippen LogP contribution is 2.29. The monoisotopic (exact) mass is 349 g/mol. The Bertz CT molecular complexity index is 829. The van der Waals surface area contributed by atoms with Gasteiger partial charge in [-0.05, 0) is 42.7 Å². The molecule has 0 atom stereocenters. The van der Waals surface area contributed by atoms with E-state index >= 15 is 0 Å². The minimum absolute atomic E-state index is 0.0841. The standard InChI is InChI=1S/C22H23NO3/c1-4-6-16-7-10-18(11-8-16)22(24)19(15-23)13-17-9-12-20(25-3)21(14-17)26-5-2/h7-14H,4-6H2,1-3H3/b19-13+. The van der Waals surface area contributed by atoms with E-state index in [2.05, 4.69) is 6.92 Å². The van der Waals surface area contributed by atoms with Crippen molar-refractivity contribution in [3.63, 3.8) is 0 Å². The molecule has 4 nitrogen and oxygen atoms in total. The van der Waals surface area contributed by atoms with Gasteiger partial charge in [-0.25, -0.2) is 0 Å². The molecular formula is C22H23NO3. The minimum Gasteiger partial charge on any atom is -0.493 e. The van der Waals surface area contributed by atoms with Gasteiger partial charge in [0.2, 0.25) is 5.78 Å². The molecule has 0 heterocycles. The summed E-state index contributed by atoms with van der Waals surface area (Å²) in [5.41, 5.74) is 2.49. The third kappa shape index (κ3) is 4.73. The number of carbonyl (C=O) groups excluding carboxylic acids is 1. The molecule has 26 heavy (non-hydrogen) atoms. The number of carbonyl (C=O) groups is 1. The first-order valence-electron chi connectivity index (χ1n) is 8.69. The topological polar surface area (TPSA) is 59.3 Å². The lowest BCUT2D eigenvalue weighted by atomic mass is 10.00. The van der Waals surface area contributed by atoms with E-state index < -0.39 is 0 Å². The number of nitriles is 1. The van der Waals surface area contributed by atoms with Gasteiger partial charge in [-0.3, -0.25) is 4.79 Å². The summed E-state index contributed by atoms with van der Waals surface area (Å²) in [5.74, 6) is 0.905. The molecule has 0 aliphatic rings. The van der Waals surface area contributed by atoms with Gasteiger partial charge in [0.05, 0.1) is 13.7 Å². The van der Waals surface area contributed by atoms with Crippen LogP contribution in [0.15, 0.2) is 48.0 Å². The van der Waals surface area contributed by atoms with Crippen LogP contribution in [-0.2, 0) is 6.42 Å². The highest BCUT2D eigenvalue weighted by molar-refractivity contribution is 6.14. The molecule has 0 spiro atoms. The molecule has 0 fully saturated rings. The molecule has 0 saturated carbocycles. The van der Waals surface area contributed by atoms with E-state index in [1.165, 1.54) is 5.56 Å². The Kier molecular flexibility index (Phi) is 6.99. The van der Waals surface area contributed by atoms with E-state index in [1.54, 1.807) is 43.5 Å². The number of hydrogen-bond donors (Lipinski definition) is 0. The molecule has 0 aliphatic heterocycles. The molecule has 0 unspecified atom stereocenters. The van der Waals surface area contributed by atoms with Gasteiger partial charge in [-0.2, -0.15) is 5.26 Å². The number of allylic oxidation sites excluding steroid dienone is 1. The maximum absolute atomic E-state index is 12.6. The third-order valence-corrected chi connectivity index (χ3v) is 3.92. The van der Waals surface area contributed by atoms with Crippen LogP contribution in [0.1, 0.15) is 41.8 Å². The summed E-state index contributed by atoms with van der Waals surface area (Å²) in [6.45, 7) is 4.49. The lowest BCUT2D eigenvalue weighted by molar-refractivity contribution is 0.104.